The Balaban J connectivity index is 0.00000484. The van der Waals surface area contributed by atoms with Gasteiger partial charge in [0.1, 0.15) is 0 Å². The number of unbranched alkanes of at least 4 members (excludes halogenated alkanes) is 11. The van der Waals surface area contributed by atoms with E-state index in [1.54, 1.807) is 0 Å². The van der Waals surface area contributed by atoms with Crippen molar-refractivity contribution in [3.05, 3.63) is 0 Å². The van der Waals surface area contributed by atoms with E-state index in [0.29, 0.717) is 0 Å². The van der Waals surface area contributed by atoms with Crippen molar-refractivity contribution in [1.29, 1.82) is 0 Å². The van der Waals surface area contributed by atoms with E-state index in [2.05, 4.69) is 17.6 Å². The molecule has 1 aliphatic heterocycles. The molecule has 0 aromatic carbocycles. The van der Waals surface area contributed by atoms with Crippen molar-refractivity contribution >= 4 is 18.3 Å². The van der Waals surface area contributed by atoms with Gasteiger partial charge < -0.3 is 10.6 Å². The van der Waals surface area contributed by atoms with Gasteiger partial charge in [-0.3, -0.25) is 4.79 Å². The lowest BCUT2D eigenvalue weighted by Gasteiger charge is -2.09. The fraction of sp³-hybridized carbons (Fsp3) is 0.947. The lowest BCUT2D eigenvalue weighted by molar-refractivity contribution is -0.124. The van der Waals surface area contributed by atoms with E-state index < -0.39 is 0 Å². The van der Waals surface area contributed by atoms with Crippen LogP contribution in [0, 0.1) is 5.92 Å². The molecule has 0 radical (unpaired) electrons. The third kappa shape index (κ3) is 12.8. The van der Waals surface area contributed by atoms with E-state index in [1.807, 2.05) is 0 Å². The van der Waals surface area contributed by atoms with Crippen LogP contribution in [0.5, 0.6) is 0 Å². The SMILES string of the molecule is CCCCCCCCCCCCCCNC(=O)[C@H]1CCNC1.Cl. The lowest BCUT2D eigenvalue weighted by Crippen LogP contribution is -2.32. The normalized spacial score (nSPS) is 17.0. The first-order valence-corrected chi connectivity index (χ1v) is 9.83. The van der Waals surface area contributed by atoms with Crippen LogP contribution < -0.4 is 10.6 Å². The van der Waals surface area contributed by atoms with Crippen molar-refractivity contribution in [2.45, 2.75) is 90.4 Å². The Morgan fingerprint density at radius 1 is 0.913 bits per heavy atom. The van der Waals surface area contributed by atoms with Gasteiger partial charge in [0.05, 0.1) is 5.92 Å². The first kappa shape index (κ1) is 22.7. The molecule has 4 heteroatoms. The predicted octanol–water partition coefficient (Wildman–Crippen LogP) is 4.84. The number of rotatable bonds is 14. The van der Waals surface area contributed by atoms with Crippen molar-refractivity contribution in [3.8, 4) is 0 Å². The molecular weight excluding hydrogens is 308 g/mol. The minimum absolute atomic E-state index is 0. The van der Waals surface area contributed by atoms with Crippen molar-refractivity contribution in [2.24, 2.45) is 5.92 Å². The molecule has 1 atom stereocenters. The Kier molecular flexibility index (Phi) is 16.4. The number of hydrogen-bond acceptors (Lipinski definition) is 2. The molecule has 138 valence electrons. The number of nitrogens with one attached hydrogen (secondary N) is 2. The van der Waals surface area contributed by atoms with Gasteiger partial charge in [-0.15, -0.1) is 12.4 Å². The van der Waals surface area contributed by atoms with Crippen molar-refractivity contribution in [3.63, 3.8) is 0 Å². The fourth-order valence-corrected chi connectivity index (χ4v) is 3.20. The highest BCUT2D eigenvalue weighted by atomic mass is 35.5. The summed E-state index contributed by atoms with van der Waals surface area (Å²) < 4.78 is 0. The van der Waals surface area contributed by atoms with Gasteiger partial charge in [-0.25, -0.2) is 0 Å². The minimum Gasteiger partial charge on any atom is -0.356 e. The van der Waals surface area contributed by atoms with Crippen molar-refractivity contribution in [2.75, 3.05) is 19.6 Å². The van der Waals surface area contributed by atoms with Gasteiger partial charge in [0.15, 0.2) is 0 Å². The van der Waals surface area contributed by atoms with Gasteiger partial charge in [0.25, 0.3) is 0 Å². The van der Waals surface area contributed by atoms with Crippen LogP contribution in [0.4, 0.5) is 0 Å². The molecule has 1 fully saturated rings. The second-order valence-corrected chi connectivity index (χ2v) is 6.87. The summed E-state index contributed by atoms with van der Waals surface area (Å²) in [6.45, 7) is 5.01. The van der Waals surface area contributed by atoms with Gasteiger partial charge in [-0.05, 0) is 19.4 Å². The Morgan fingerprint density at radius 2 is 1.43 bits per heavy atom. The molecule has 1 heterocycles. The number of hydrogen-bond donors (Lipinski definition) is 2. The second kappa shape index (κ2) is 16.6. The van der Waals surface area contributed by atoms with E-state index in [0.717, 1.165) is 32.5 Å². The standard InChI is InChI=1S/C19H38N2O.ClH/c1-2-3-4-5-6-7-8-9-10-11-12-13-15-21-19(22)18-14-16-20-17-18;/h18,20H,2-17H2,1H3,(H,21,22);1H/t18-;/m0./s1. The van der Waals surface area contributed by atoms with Gasteiger partial charge in [-0.2, -0.15) is 0 Å². The maximum absolute atomic E-state index is 11.8. The van der Waals surface area contributed by atoms with Gasteiger partial charge in [0, 0.05) is 13.1 Å². The van der Waals surface area contributed by atoms with Crippen LogP contribution in [-0.2, 0) is 4.79 Å². The lowest BCUT2D eigenvalue weighted by atomic mass is 10.1. The molecule has 0 aliphatic carbocycles. The Labute approximate surface area is 150 Å². The van der Waals surface area contributed by atoms with Crippen molar-refractivity contribution < 1.29 is 4.79 Å². The molecule has 1 amide bonds. The molecule has 2 N–H and O–H groups in total. The molecule has 0 aromatic rings. The highest BCUT2D eigenvalue weighted by Crippen LogP contribution is 2.12. The summed E-state index contributed by atoms with van der Waals surface area (Å²) in [6, 6.07) is 0. The van der Waals surface area contributed by atoms with E-state index in [-0.39, 0.29) is 24.2 Å². The summed E-state index contributed by atoms with van der Waals surface area (Å²) in [6.07, 6.45) is 17.4. The largest absolute Gasteiger partial charge is 0.356 e. The van der Waals surface area contributed by atoms with E-state index in [9.17, 15) is 4.79 Å². The summed E-state index contributed by atoms with van der Waals surface area (Å²) in [7, 11) is 0. The molecular formula is C19H39ClN2O. The first-order chi connectivity index (χ1) is 10.8. The van der Waals surface area contributed by atoms with Crippen LogP contribution in [0.1, 0.15) is 90.4 Å². The van der Waals surface area contributed by atoms with Crippen molar-refractivity contribution in [1.82, 2.24) is 10.6 Å². The number of amides is 1. The zero-order chi connectivity index (χ0) is 15.9. The first-order valence-electron chi connectivity index (χ1n) is 9.83. The van der Waals surface area contributed by atoms with Crippen LogP contribution in [0.15, 0.2) is 0 Å². The maximum Gasteiger partial charge on any atom is 0.224 e. The molecule has 1 saturated heterocycles. The zero-order valence-electron chi connectivity index (χ0n) is 15.2. The van der Waals surface area contributed by atoms with E-state index in [4.69, 9.17) is 0 Å². The highest BCUT2D eigenvalue weighted by molar-refractivity contribution is 5.85. The zero-order valence-corrected chi connectivity index (χ0v) is 16.0. The second-order valence-electron chi connectivity index (χ2n) is 6.87. The summed E-state index contributed by atoms with van der Waals surface area (Å²) in [5.41, 5.74) is 0. The topological polar surface area (TPSA) is 41.1 Å². The molecule has 0 aromatic heterocycles. The number of halogens is 1. The van der Waals surface area contributed by atoms with Crippen LogP contribution in [0.2, 0.25) is 0 Å². The third-order valence-corrected chi connectivity index (χ3v) is 4.76. The molecule has 0 bridgehead atoms. The minimum atomic E-state index is 0. The molecule has 0 saturated carbocycles. The van der Waals surface area contributed by atoms with Gasteiger partial charge in [0.2, 0.25) is 5.91 Å². The average molecular weight is 347 g/mol. The Bertz CT molecular complexity index is 268. The molecule has 1 aliphatic rings. The Hall–Kier alpha value is -0.280. The molecule has 23 heavy (non-hydrogen) atoms. The Morgan fingerprint density at radius 3 is 1.91 bits per heavy atom. The predicted molar refractivity (Wildman–Crippen MR) is 102 cm³/mol. The highest BCUT2D eigenvalue weighted by Gasteiger charge is 2.21. The molecule has 0 spiro atoms. The maximum atomic E-state index is 11.8. The van der Waals surface area contributed by atoms with Gasteiger partial charge in [-0.1, -0.05) is 77.6 Å². The number of carbonyl (C=O) groups is 1. The third-order valence-electron chi connectivity index (χ3n) is 4.76. The summed E-state index contributed by atoms with van der Waals surface area (Å²) >= 11 is 0. The number of carbonyl (C=O) groups excluding carboxylic acids is 1. The van der Waals surface area contributed by atoms with Gasteiger partial charge >= 0.3 is 0 Å². The van der Waals surface area contributed by atoms with Crippen LogP contribution >= 0.6 is 12.4 Å². The van der Waals surface area contributed by atoms with Crippen LogP contribution in [0.3, 0.4) is 0 Å². The van der Waals surface area contributed by atoms with E-state index in [1.165, 1.54) is 70.6 Å². The monoisotopic (exact) mass is 346 g/mol. The smallest absolute Gasteiger partial charge is 0.224 e. The quantitative estimate of drug-likeness (QED) is 0.442. The fourth-order valence-electron chi connectivity index (χ4n) is 3.20. The van der Waals surface area contributed by atoms with Crippen LogP contribution in [-0.4, -0.2) is 25.5 Å². The van der Waals surface area contributed by atoms with E-state index >= 15 is 0 Å². The summed E-state index contributed by atoms with van der Waals surface area (Å²) in [4.78, 5) is 11.8. The van der Waals surface area contributed by atoms with Crippen LogP contribution in [0.25, 0.3) is 0 Å². The summed E-state index contributed by atoms with van der Waals surface area (Å²) in [5, 5.41) is 6.32. The molecule has 3 nitrogen and oxygen atoms in total. The molecule has 1 rings (SSSR count). The molecule has 0 unspecified atom stereocenters. The summed E-state index contributed by atoms with van der Waals surface area (Å²) in [5.74, 6) is 0.477. The average Bonchev–Trinajstić information content (AvgIpc) is 3.06.